The predicted molar refractivity (Wildman–Crippen MR) is 111 cm³/mol. The van der Waals surface area contributed by atoms with Gasteiger partial charge in [-0.05, 0) is 38.0 Å². The van der Waals surface area contributed by atoms with Gasteiger partial charge in [-0.3, -0.25) is 0 Å². The van der Waals surface area contributed by atoms with E-state index in [0.717, 1.165) is 6.42 Å². The number of hydrogen-bond acceptors (Lipinski definition) is 4. The summed E-state index contributed by atoms with van der Waals surface area (Å²) in [5.74, 6) is -0.412. The van der Waals surface area contributed by atoms with Crippen LogP contribution in [-0.2, 0) is 20.8 Å². The topological polar surface area (TPSA) is 27.7 Å². The SMILES string of the molecule is C=CC[C@H](COCc1ccccc1)[C@@H]1OC(C)(C)OC1Sc1ccccc1. The molecule has 0 N–H and O–H groups in total. The summed E-state index contributed by atoms with van der Waals surface area (Å²) in [5, 5.41) is 0. The highest BCUT2D eigenvalue weighted by Crippen LogP contribution is 2.41. The van der Waals surface area contributed by atoms with E-state index in [4.69, 9.17) is 14.2 Å². The highest BCUT2D eigenvalue weighted by atomic mass is 32.2. The minimum absolute atomic E-state index is 0.0565. The summed E-state index contributed by atoms with van der Waals surface area (Å²) in [6.07, 6.45) is 2.71. The second kappa shape index (κ2) is 9.56. The minimum atomic E-state index is -0.601. The van der Waals surface area contributed by atoms with Crippen LogP contribution in [0.4, 0.5) is 0 Å². The Hall–Kier alpha value is -1.59. The Morgan fingerprint density at radius 3 is 2.41 bits per heavy atom. The fourth-order valence-electron chi connectivity index (χ4n) is 3.21. The van der Waals surface area contributed by atoms with Crippen molar-refractivity contribution < 1.29 is 14.2 Å². The quantitative estimate of drug-likeness (QED) is 0.521. The third-order valence-electron chi connectivity index (χ3n) is 4.46. The van der Waals surface area contributed by atoms with Crippen LogP contribution in [0.25, 0.3) is 0 Å². The molecule has 0 bridgehead atoms. The summed E-state index contributed by atoms with van der Waals surface area (Å²) >= 11 is 1.71. The first-order valence-corrected chi connectivity index (χ1v) is 10.3. The van der Waals surface area contributed by atoms with Gasteiger partial charge in [-0.25, -0.2) is 0 Å². The smallest absolute Gasteiger partial charge is 0.164 e. The number of benzene rings is 2. The standard InChI is InChI=1S/C23H28O3S/c1-4-11-19(17-24-16-18-12-7-5-8-13-18)21-22(26-23(2,3)25-21)27-20-14-9-6-10-15-20/h4-10,12-15,19,21-22H,1,11,16-17H2,2-3H3/t19-,21+,22?/m1/s1. The van der Waals surface area contributed by atoms with Gasteiger partial charge in [-0.1, -0.05) is 66.4 Å². The molecule has 1 fully saturated rings. The van der Waals surface area contributed by atoms with Crippen molar-refractivity contribution >= 4 is 11.8 Å². The fraction of sp³-hybridized carbons (Fsp3) is 0.391. The molecular formula is C23H28O3S. The molecule has 1 unspecified atom stereocenters. The fourth-order valence-corrected chi connectivity index (χ4v) is 4.49. The van der Waals surface area contributed by atoms with Gasteiger partial charge in [0, 0.05) is 10.8 Å². The van der Waals surface area contributed by atoms with Gasteiger partial charge in [0.05, 0.1) is 13.2 Å². The van der Waals surface area contributed by atoms with Gasteiger partial charge in [0.1, 0.15) is 11.5 Å². The lowest BCUT2D eigenvalue weighted by Crippen LogP contribution is -2.32. The van der Waals surface area contributed by atoms with Crippen LogP contribution in [0.3, 0.4) is 0 Å². The molecule has 0 aliphatic carbocycles. The second-order valence-corrected chi connectivity index (χ2v) is 8.36. The lowest BCUT2D eigenvalue weighted by Gasteiger charge is -2.25. The van der Waals surface area contributed by atoms with E-state index >= 15 is 0 Å². The van der Waals surface area contributed by atoms with Crippen molar-refractivity contribution in [2.75, 3.05) is 6.61 Å². The first kappa shape index (κ1) is 20.2. The van der Waals surface area contributed by atoms with E-state index in [9.17, 15) is 0 Å². The maximum atomic E-state index is 6.28. The molecular weight excluding hydrogens is 356 g/mol. The Balaban J connectivity index is 1.66. The zero-order valence-corrected chi connectivity index (χ0v) is 16.9. The molecule has 27 heavy (non-hydrogen) atoms. The van der Waals surface area contributed by atoms with Gasteiger partial charge in [0.2, 0.25) is 0 Å². The maximum Gasteiger partial charge on any atom is 0.164 e. The molecule has 2 aromatic rings. The van der Waals surface area contributed by atoms with Crippen LogP contribution < -0.4 is 0 Å². The average Bonchev–Trinajstić information content (AvgIpc) is 2.97. The minimum Gasteiger partial charge on any atom is -0.376 e. The van der Waals surface area contributed by atoms with Crippen molar-refractivity contribution in [3.8, 4) is 0 Å². The number of allylic oxidation sites excluding steroid dienone is 1. The molecule has 0 amide bonds. The summed E-state index contributed by atoms with van der Waals surface area (Å²) in [4.78, 5) is 1.18. The average molecular weight is 385 g/mol. The Morgan fingerprint density at radius 1 is 1.07 bits per heavy atom. The zero-order valence-electron chi connectivity index (χ0n) is 16.0. The molecule has 1 saturated heterocycles. The molecule has 3 nitrogen and oxygen atoms in total. The van der Waals surface area contributed by atoms with Crippen LogP contribution in [0.1, 0.15) is 25.8 Å². The van der Waals surface area contributed by atoms with Crippen LogP contribution in [-0.4, -0.2) is 23.9 Å². The van der Waals surface area contributed by atoms with Crippen LogP contribution in [0.2, 0.25) is 0 Å². The molecule has 3 rings (SSSR count). The molecule has 4 heteroatoms. The summed E-state index contributed by atoms with van der Waals surface area (Å²) in [6.45, 7) is 9.08. The largest absolute Gasteiger partial charge is 0.376 e. The van der Waals surface area contributed by atoms with Crippen LogP contribution in [0.15, 0.2) is 78.2 Å². The highest BCUT2D eigenvalue weighted by molar-refractivity contribution is 7.99. The molecule has 144 valence electrons. The number of thioether (sulfide) groups is 1. The first-order valence-electron chi connectivity index (χ1n) is 9.37. The van der Waals surface area contributed by atoms with E-state index in [-0.39, 0.29) is 17.5 Å². The third-order valence-corrected chi connectivity index (χ3v) is 5.60. The Labute approximate surface area is 166 Å². The molecule has 0 radical (unpaired) electrons. The van der Waals surface area contributed by atoms with Crippen LogP contribution >= 0.6 is 11.8 Å². The summed E-state index contributed by atoms with van der Waals surface area (Å²) < 4.78 is 18.5. The summed E-state index contributed by atoms with van der Waals surface area (Å²) in [5.41, 5.74) is 1.10. The van der Waals surface area contributed by atoms with E-state index in [1.807, 2.05) is 56.3 Å². The van der Waals surface area contributed by atoms with E-state index in [0.29, 0.717) is 13.2 Å². The van der Waals surface area contributed by atoms with Crippen molar-refractivity contribution in [1.29, 1.82) is 0 Å². The highest BCUT2D eigenvalue weighted by Gasteiger charge is 2.45. The molecule has 0 aromatic heterocycles. The summed E-state index contributed by atoms with van der Waals surface area (Å²) in [7, 11) is 0. The normalized spacial score (nSPS) is 22.4. The van der Waals surface area contributed by atoms with E-state index in [1.54, 1.807) is 11.8 Å². The molecule has 1 aliphatic heterocycles. The molecule has 3 atom stereocenters. The first-order chi connectivity index (χ1) is 13.1. The number of rotatable bonds is 9. The van der Waals surface area contributed by atoms with Crippen molar-refractivity contribution in [3.05, 3.63) is 78.9 Å². The van der Waals surface area contributed by atoms with Gasteiger partial charge in [0.15, 0.2) is 5.79 Å². The molecule has 1 heterocycles. The lowest BCUT2D eigenvalue weighted by atomic mass is 10.00. The van der Waals surface area contributed by atoms with Crippen molar-refractivity contribution in [2.24, 2.45) is 5.92 Å². The van der Waals surface area contributed by atoms with Gasteiger partial charge in [-0.2, -0.15) is 0 Å². The van der Waals surface area contributed by atoms with E-state index in [2.05, 4.69) is 30.8 Å². The zero-order chi connectivity index (χ0) is 19.1. The van der Waals surface area contributed by atoms with Crippen molar-refractivity contribution in [1.82, 2.24) is 0 Å². The van der Waals surface area contributed by atoms with E-state index in [1.165, 1.54) is 10.5 Å². The predicted octanol–water partition coefficient (Wildman–Crippen LogP) is 5.67. The molecule has 0 spiro atoms. The van der Waals surface area contributed by atoms with Gasteiger partial charge in [0.25, 0.3) is 0 Å². The molecule has 1 aliphatic rings. The van der Waals surface area contributed by atoms with E-state index < -0.39 is 5.79 Å². The maximum absolute atomic E-state index is 6.28. The summed E-state index contributed by atoms with van der Waals surface area (Å²) in [6, 6.07) is 20.5. The number of ether oxygens (including phenoxy) is 3. The van der Waals surface area contributed by atoms with Gasteiger partial charge in [-0.15, -0.1) is 6.58 Å². The number of hydrogen-bond donors (Lipinski definition) is 0. The van der Waals surface area contributed by atoms with Gasteiger partial charge < -0.3 is 14.2 Å². The molecule has 2 aromatic carbocycles. The lowest BCUT2D eigenvalue weighted by molar-refractivity contribution is -0.148. The second-order valence-electron chi connectivity index (χ2n) is 7.18. The van der Waals surface area contributed by atoms with Crippen molar-refractivity contribution in [2.45, 2.75) is 49.1 Å². The Morgan fingerprint density at radius 2 is 1.74 bits per heavy atom. The Bertz CT molecular complexity index is 702. The monoisotopic (exact) mass is 384 g/mol. The van der Waals surface area contributed by atoms with Crippen LogP contribution in [0, 0.1) is 5.92 Å². The molecule has 0 saturated carbocycles. The third kappa shape index (κ3) is 5.94. The Kier molecular flexibility index (Phi) is 7.13. The van der Waals surface area contributed by atoms with Gasteiger partial charge >= 0.3 is 0 Å². The van der Waals surface area contributed by atoms with Crippen LogP contribution in [0.5, 0.6) is 0 Å². The van der Waals surface area contributed by atoms with Crippen molar-refractivity contribution in [3.63, 3.8) is 0 Å².